The molecule has 2 N–H and O–H groups in total. The minimum absolute atomic E-state index is 0.0389. The molecule has 4 rings (SSSR count). The van der Waals surface area contributed by atoms with Gasteiger partial charge in [0.15, 0.2) is 5.82 Å². The summed E-state index contributed by atoms with van der Waals surface area (Å²) in [5, 5.41) is 5.07. The number of nitrogens with zero attached hydrogens (tertiary/aromatic N) is 3. The molecule has 2 amide bonds. The molecule has 1 fully saturated rings. The minimum Gasteiger partial charge on any atom is -0.378 e. The van der Waals surface area contributed by atoms with Gasteiger partial charge in [-0.25, -0.2) is 9.78 Å². The molecule has 1 aromatic heterocycles. The summed E-state index contributed by atoms with van der Waals surface area (Å²) in [5.74, 6) is 0.723. The largest absolute Gasteiger partial charge is 0.416 e. The van der Waals surface area contributed by atoms with Crippen LogP contribution >= 0.6 is 0 Å². The molecule has 3 aromatic rings. The zero-order chi connectivity index (χ0) is 22.6. The lowest BCUT2D eigenvalue weighted by Crippen LogP contribution is -2.37. The number of anilines is 3. The van der Waals surface area contributed by atoms with Gasteiger partial charge in [-0.3, -0.25) is 4.98 Å². The number of halogens is 3. The smallest absolute Gasteiger partial charge is 0.378 e. The Hall–Kier alpha value is -3.66. The number of hydrogen-bond acceptors (Lipinski definition) is 5. The quantitative estimate of drug-likeness (QED) is 0.614. The van der Waals surface area contributed by atoms with Crippen LogP contribution in [0.15, 0.2) is 60.9 Å². The van der Waals surface area contributed by atoms with Gasteiger partial charge in [0.05, 0.1) is 18.8 Å². The Balaban J connectivity index is 1.50. The second-order valence-corrected chi connectivity index (χ2v) is 7.07. The number of carbonyl (C=O) groups excluding carboxylic acids is 1. The van der Waals surface area contributed by atoms with Crippen molar-refractivity contribution in [2.45, 2.75) is 6.18 Å². The van der Waals surface area contributed by atoms with Gasteiger partial charge in [-0.05, 0) is 30.3 Å². The summed E-state index contributed by atoms with van der Waals surface area (Å²) in [4.78, 5) is 23.4. The summed E-state index contributed by atoms with van der Waals surface area (Å²) in [6.45, 7) is 2.60. The normalized spacial score (nSPS) is 14.2. The fraction of sp³-hybridized carbons (Fsp3) is 0.227. The van der Waals surface area contributed by atoms with Crippen LogP contribution in [0.25, 0.3) is 11.3 Å². The number of benzene rings is 2. The number of amides is 2. The van der Waals surface area contributed by atoms with Gasteiger partial charge < -0.3 is 20.3 Å². The third-order valence-corrected chi connectivity index (χ3v) is 4.83. The number of morpholine rings is 1. The molecule has 0 unspecified atom stereocenters. The molecule has 0 aliphatic carbocycles. The topological polar surface area (TPSA) is 79.4 Å². The average molecular weight is 443 g/mol. The molecule has 0 radical (unpaired) electrons. The zero-order valence-electron chi connectivity index (χ0n) is 16.9. The van der Waals surface area contributed by atoms with Gasteiger partial charge in [-0.15, -0.1) is 0 Å². The second-order valence-electron chi connectivity index (χ2n) is 7.07. The predicted octanol–water partition coefficient (Wildman–Crippen LogP) is 4.64. The van der Waals surface area contributed by atoms with Crippen molar-refractivity contribution in [1.82, 2.24) is 9.97 Å². The Labute approximate surface area is 182 Å². The average Bonchev–Trinajstić information content (AvgIpc) is 2.79. The van der Waals surface area contributed by atoms with Crippen molar-refractivity contribution in [2.75, 3.05) is 41.8 Å². The van der Waals surface area contributed by atoms with Crippen molar-refractivity contribution in [1.29, 1.82) is 0 Å². The third kappa shape index (κ3) is 5.14. The SMILES string of the molecule is O=C(Nc1cccc(-c2nccnc2N2CCOCC2)c1)Nc1cccc(C(F)(F)F)c1. The highest BCUT2D eigenvalue weighted by Crippen LogP contribution is 2.31. The highest BCUT2D eigenvalue weighted by molar-refractivity contribution is 6.00. The molecule has 166 valence electrons. The van der Waals surface area contributed by atoms with Crippen molar-refractivity contribution in [3.8, 4) is 11.3 Å². The van der Waals surface area contributed by atoms with Crippen LogP contribution in [0, 0.1) is 0 Å². The van der Waals surface area contributed by atoms with E-state index >= 15 is 0 Å². The summed E-state index contributed by atoms with van der Waals surface area (Å²) in [6.07, 6.45) is -1.27. The van der Waals surface area contributed by atoms with Crippen molar-refractivity contribution in [3.63, 3.8) is 0 Å². The van der Waals surface area contributed by atoms with Gasteiger partial charge in [0, 0.05) is 42.4 Å². The number of aromatic nitrogens is 2. The fourth-order valence-corrected chi connectivity index (χ4v) is 3.35. The number of urea groups is 1. The van der Waals surface area contributed by atoms with E-state index in [2.05, 4.69) is 25.5 Å². The Bertz CT molecular complexity index is 1100. The van der Waals surface area contributed by atoms with Crippen molar-refractivity contribution in [2.24, 2.45) is 0 Å². The first kappa shape index (κ1) is 21.6. The number of ether oxygens (including phenoxy) is 1. The molecule has 1 aliphatic heterocycles. The number of carbonyl (C=O) groups is 1. The van der Waals surface area contributed by atoms with E-state index in [1.807, 2.05) is 6.07 Å². The summed E-state index contributed by atoms with van der Waals surface area (Å²) >= 11 is 0. The minimum atomic E-state index is -4.49. The number of hydrogen-bond donors (Lipinski definition) is 2. The van der Waals surface area contributed by atoms with Crippen LogP contribution in [-0.4, -0.2) is 42.3 Å². The third-order valence-electron chi connectivity index (χ3n) is 4.83. The molecular weight excluding hydrogens is 423 g/mol. The lowest BCUT2D eigenvalue weighted by atomic mass is 10.1. The van der Waals surface area contributed by atoms with Crippen LogP contribution in [0.4, 0.5) is 35.2 Å². The lowest BCUT2D eigenvalue weighted by Gasteiger charge is -2.28. The first-order valence-corrected chi connectivity index (χ1v) is 9.89. The van der Waals surface area contributed by atoms with Gasteiger partial charge in [-0.2, -0.15) is 13.2 Å². The van der Waals surface area contributed by atoms with E-state index in [9.17, 15) is 18.0 Å². The first-order valence-electron chi connectivity index (χ1n) is 9.89. The Morgan fingerprint density at radius 3 is 2.31 bits per heavy atom. The fourth-order valence-electron chi connectivity index (χ4n) is 3.35. The van der Waals surface area contributed by atoms with E-state index in [0.717, 1.165) is 23.5 Å². The number of nitrogens with one attached hydrogen (secondary N) is 2. The van der Waals surface area contributed by atoms with Gasteiger partial charge in [0.1, 0.15) is 5.69 Å². The van der Waals surface area contributed by atoms with Crippen LogP contribution in [0.2, 0.25) is 0 Å². The molecular formula is C22H20F3N5O2. The summed E-state index contributed by atoms with van der Waals surface area (Å²) < 4.78 is 44.0. The van der Waals surface area contributed by atoms with Gasteiger partial charge in [-0.1, -0.05) is 18.2 Å². The van der Waals surface area contributed by atoms with E-state index < -0.39 is 17.8 Å². The van der Waals surface area contributed by atoms with Crippen LogP contribution in [0.3, 0.4) is 0 Å². The van der Waals surface area contributed by atoms with Gasteiger partial charge in [0.2, 0.25) is 0 Å². The molecule has 1 saturated heterocycles. The van der Waals surface area contributed by atoms with Crippen LogP contribution < -0.4 is 15.5 Å². The number of alkyl halides is 3. The summed E-state index contributed by atoms with van der Waals surface area (Å²) in [7, 11) is 0. The molecule has 2 heterocycles. The second kappa shape index (κ2) is 9.23. The maximum absolute atomic E-state index is 12.9. The van der Waals surface area contributed by atoms with Crippen LogP contribution in [0.5, 0.6) is 0 Å². The van der Waals surface area contributed by atoms with Crippen molar-refractivity contribution < 1.29 is 22.7 Å². The highest BCUT2D eigenvalue weighted by atomic mass is 19.4. The summed E-state index contributed by atoms with van der Waals surface area (Å²) in [5.41, 5.74) is 1.07. The van der Waals surface area contributed by atoms with Gasteiger partial charge in [0.25, 0.3) is 0 Å². The van der Waals surface area contributed by atoms with Crippen LogP contribution in [-0.2, 0) is 10.9 Å². The monoisotopic (exact) mass is 443 g/mol. The molecule has 10 heteroatoms. The highest BCUT2D eigenvalue weighted by Gasteiger charge is 2.30. The maximum atomic E-state index is 12.9. The molecule has 2 aromatic carbocycles. The van der Waals surface area contributed by atoms with Gasteiger partial charge >= 0.3 is 12.2 Å². The molecule has 0 spiro atoms. The Kier molecular flexibility index (Phi) is 6.22. The molecule has 0 saturated carbocycles. The van der Waals surface area contributed by atoms with E-state index in [-0.39, 0.29) is 5.69 Å². The standard InChI is InChI=1S/C22H20F3N5O2/c23-22(24,25)16-4-2-6-18(14-16)29-21(31)28-17-5-1-3-15(13-17)19-20(27-8-7-26-19)30-9-11-32-12-10-30/h1-8,13-14H,9-12H2,(H2,28,29,31). The summed E-state index contributed by atoms with van der Waals surface area (Å²) in [6, 6.07) is 10.8. The molecule has 0 atom stereocenters. The Morgan fingerprint density at radius 2 is 1.59 bits per heavy atom. The zero-order valence-corrected chi connectivity index (χ0v) is 16.9. The van der Waals surface area contributed by atoms with Crippen molar-refractivity contribution >= 4 is 23.2 Å². The molecule has 32 heavy (non-hydrogen) atoms. The first-order chi connectivity index (χ1) is 15.4. The number of rotatable bonds is 4. The predicted molar refractivity (Wildman–Crippen MR) is 115 cm³/mol. The molecule has 1 aliphatic rings. The molecule has 7 nitrogen and oxygen atoms in total. The van der Waals surface area contributed by atoms with E-state index in [0.29, 0.717) is 37.7 Å². The molecule has 0 bridgehead atoms. The van der Waals surface area contributed by atoms with E-state index in [4.69, 9.17) is 4.74 Å². The van der Waals surface area contributed by atoms with E-state index in [1.54, 1.807) is 30.6 Å². The van der Waals surface area contributed by atoms with Crippen molar-refractivity contribution in [3.05, 3.63) is 66.5 Å². The van der Waals surface area contributed by atoms with Crippen LogP contribution in [0.1, 0.15) is 5.56 Å². The Morgan fingerprint density at radius 1 is 0.938 bits per heavy atom. The lowest BCUT2D eigenvalue weighted by molar-refractivity contribution is -0.137. The maximum Gasteiger partial charge on any atom is 0.416 e. The van der Waals surface area contributed by atoms with E-state index in [1.165, 1.54) is 12.1 Å².